The van der Waals surface area contributed by atoms with Crippen molar-refractivity contribution in [1.82, 2.24) is 0 Å². The maximum Gasteiger partial charge on any atom is 0.339 e. The van der Waals surface area contributed by atoms with E-state index in [1.807, 2.05) is 6.07 Å². The van der Waals surface area contributed by atoms with Crippen LogP contribution in [0.15, 0.2) is 77.2 Å². The highest BCUT2D eigenvalue weighted by atomic mass is 35.5. The van der Waals surface area contributed by atoms with Crippen molar-refractivity contribution in [2.45, 2.75) is 4.90 Å². The topological polar surface area (TPSA) is 126 Å². The van der Waals surface area contributed by atoms with E-state index in [0.717, 1.165) is 0 Å². The van der Waals surface area contributed by atoms with Gasteiger partial charge in [-0.15, -0.1) is 0 Å². The monoisotopic (exact) mass is 484 g/mol. The molecule has 0 aliphatic carbocycles. The Morgan fingerprint density at radius 3 is 2.33 bits per heavy atom. The highest BCUT2D eigenvalue weighted by Gasteiger charge is 2.19. The van der Waals surface area contributed by atoms with E-state index < -0.39 is 16.0 Å². The highest BCUT2D eigenvalue weighted by molar-refractivity contribution is 7.87. The maximum atomic E-state index is 12.5. The van der Waals surface area contributed by atoms with E-state index in [-0.39, 0.29) is 27.7 Å². The lowest BCUT2D eigenvalue weighted by Gasteiger charge is -2.11. The maximum absolute atomic E-state index is 12.5. The zero-order chi connectivity index (χ0) is 24.0. The number of hydrogen-bond donors (Lipinski definition) is 2. The molecule has 3 aromatic carbocycles. The molecular weight excluding hydrogens is 468 g/mol. The second-order valence-corrected chi connectivity index (χ2v) is 8.56. The van der Waals surface area contributed by atoms with Crippen LogP contribution < -0.4 is 14.2 Å². The van der Waals surface area contributed by atoms with Crippen LogP contribution in [0.5, 0.6) is 17.2 Å². The quantitative estimate of drug-likeness (QED) is 0.221. The minimum Gasteiger partial charge on any atom is -0.508 e. The number of aromatic hydroxyl groups is 1. The van der Waals surface area contributed by atoms with Gasteiger partial charge in [0.05, 0.1) is 7.11 Å². The van der Waals surface area contributed by atoms with Crippen LogP contribution >= 0.6 is 11.6 Å². The second kappa shape index (κ2) is 10.1. The van der Waals surface area contributed by atoms with Gasteiger partial charge >= 0.3 is 10.1 Å². The van der Waals surface area contributed by atoms with Crippen LogP contribution in [0.25, 0.3) is 6.08 Å². The number of amides is 1. The van der Waals surface area contributed by atoms with E-state index >= 15 is 0 Å². The number of nitrogens with zero attached hydrogens (tertiary/aromatic N) is 1. The SMILES string of the molecule is COc1cc(/C=C(\C#N)C(=O)Nc2ccc(O)cc2)ccc1OS(=O)(=O)c1ccc(Cl)cc1. The van der Waals surface area contributed by atoms with Crippen molar-refractivity contribution in [2.24, 2.45) is 0 Å². The van der Waals surface area contributed by atoms with Gasteiger partial charge in [0, 0.05) is 10.7 Å². The molecule has 0 saturated heterocycles. The fraction of sp³-hybridized carbons (Fsp3) is 0.0435. The Bertz CT molecular complexity index is 1350. The molecule has 0 unspecified atom stereocenters. The molecule has 0 bridgehead atoms. The average Bonchev–Trinajstić information content (AvgIpc) is 2.79. The molecule has 0 atom stereocenters. The van der Waals surface area contributed by atoms with Crippen molar-refractivity contribution in [3.05, 3.63) is 82.9 Å². The first-order chi connectivity index (χ1) is 15.7. The van der Waals surface area contributed by atoms with Gasteiger partial charge in [0.2, 0.25) is 0 Å². The van der Waals surface area contributed by atoms with E-state index in [4.69, 9.17) is 20.5 Å². The highest BCUT2D eigenvalue weighted by Crippen LogP contribution is 2.32. The van der Waals surface area contributed by atoms with Gasteiger partial charge in [-0.2, -0.15) is 13.7 Å². The van der Waals surface area contributed by atoms with Crippen LogP contribution in [-0.4, -0.2) is 26.5 Å². The first kappa shape index (κ1) is 23.7. The van der Waals surface area contributed by atoms with Crippen LogP contribution in [0.4, 0.5) is 5.69 Å². The number of nitriles is 1. The molecule has 33 heavy (non-hydrogen) atoms. The molecule has 0 fully saturated rings. The lowest BCUT2D eigenvalue weighted by Crippen LogP contribution is -2.13. The normalized spacial score (nSPS) is 11.4. The number of carbonyl (C=O) groups excluding carboxylic acids is 1. The Balaban J connectivity index is 1.83. The van der Waals surface area contributed by atoms with E-state index in [0.29, 0.717) is 16.3 Å². The van der Waals surface area contributed by atoms with E-state index in [1.54, 1.807) is 0 Å². The third-order valence-corrected chi connectivity index (χ3v) is 5.79. The minimum absolute atomic E-state index is 0.0385. The molecule has 8 nitrogen and oxygen atoms in total. The summed E-state index contributed by atoms with van der Waals surface area (Å²) < 4.78 is 35.5. The third kappa shape index (κ3) is 6.04. The van der Waals surface area contributed by atoms with E-state index in [2.05, 4.69) is 5.32 Å². The van der Waals surface area contributed by atoms with Crippen molar-refractivity contribution >= 4 is 39.4 Å². The molecule has 0 spiro atoms. The summed E-state index contributed by atoms with van der Waals surface area (Å²) in [5.41, 5.74) is 0.598. The van der Waals surface area contributed by atoms with Gasteiger partial charge in [-0.3, -0.25) is 4.79 Å². The number of methoxy groups -OCH3 is 1. The van der Waals surface area contributed by atoms with Gasteiger partial charge < -0.3 is 19.3 Å². The minimum atomic E-state index is -4.14. The van der Waals surface area contributed by atoms with Crippen LogP contribution in [0, 0.1) is 11.3 Å². The lowest BCUT2D eigenvalue weighted by atomic mass is 10.1. The summed E-state index contributed by atoms with van der Waals surface area (Å²) in [4.78, 5) is 12.3. The number of phenolic OH excluding ortho intramolecular Hbond substituents is 1. The molecule has 0 heterocycles. The Labute approximate surface area is 195 Å². The second-order valence-electron chi connectivity index (χ2n) is 6.57. The molecule has 3 rings (SSSR count). The molecule has 0 aromatic heterocycles. The molecule has 0 saturated carbocycles. The van der Waals surface area contributed by atoms with E-state index in [9.17, 15) is 23.6 Å². The Morgan fingerprint density at radius 2 is 1.73 bits per heavy atom. The number of ether oxygens (including phenoxy) is 1. The number of anilines is 1. The Hall–Kier alpha value is -4.00. The summed E-state index contributed by atoms with van der Waals surface area (Å²) in [5.74, 6) is -0.612. The predicted octanol–water partition coefficient (Wildman–Crippen LogP) is 4.37. The zero-order valence-corrected chi connectivity index (χ0v) is 18.7. The molecule has 1 amide bonds. The number of halogens is 1. The van der Waals surface area contributed by atoms with Gasteiger partial charge in [0.25, 0.3) is 5.91 Å². The van der Waals surface area contributed by atoms with Gasteiger partial charge in [0.15, 0.2) is 11.5 Å². The number of carbonyl (C=O) groups is 1. The Morgan fingerprint density at radius 1 is 1.06 bits per heavy atom. The number of benzene rings is 3. The molecule has 10 heteroatoms. The summed E-state index contributed by atoms with van der Waals surface area (Å²) in [7, 11) is -2.82. The third-order valence-electron chi connectivity index (χ3n) is 4.29. The molecule has 3 aromatic rings. The fourth-order valence-electron chi connectivity index (χ4n) is 2.67. The first-order valence-corrected chi connectivity index (χ1v) is 11.1. The van der Waals surface area contributed by atoms with Gasteiger partial charge in [-0.25, -0.2) is 0 Å². The molecule has 2 N–H and O–H groups in total. The predicted molar refractivity (Wildman–Crippen MR) is 123 cm³/mol. The summed E-state index contributed by atoms with van der Waals surface area (Å²) >= 11 is 5.79. The summed E-state index contributed by atoms with van der Waals surface area (Å²) in [5, 5.41) is 21.6. The van der Waals surface area contributed by atoms with Crippen LogP contribution in [-0.2, 0) is 14.9 Å². The van der Waals surface area contributed by atoms with Crippen molar-refractivity contribution < 1.29 is 27.2 Å². The number of hydrogen-bond acceptors (Lipinski definition) is 7. The average molecular weight is 485 g/mol. The van der Waals surface area contributed by atoms with Crippen molar-refractivity contribution in [3.63, 3.8) is 0 Å². The van der Waals surface area contributed by atoms with E-state index in [1.165, 1.54) is 79.9 Å². The summed E-state index contributed by atoms with van der Waals surface area (Å²) in [6.07, 6.45) is 1.32. The van der Waals surface area contributed by atoms with Gasteiger partial charge in [0.1, 0.15) is 22.3 Å². The van der Waals surface area contributed by atoms with Crippen LogP contribution in [0.3, 0.4) is 0 Å². The Kier molecular flexibility index (Phi) is 7.23. The standard InChI is InChI=1S/C23H17ClN2O6S/c1-31-22-13-15(12-16(14-25)23(28)26-18-5-7-19(27)8-6-18)2-11-21(22)32-33(29,30)20-9-3-17(24)4-10-20/h2-13,27H,1H3,(H,26,28)/b16-12+. The molecule has 0 radical (unpaired) electrons. The summed E-state index contributed by atoms with van der Waals surface area (Å²) in [6, 6.07) is 17.3. The fourth-order valence-corrected chi connectivity index (χ4v) is 3.73. The van der Waals surface area contributed by atoms with Gasteiger partial charge in [-0.1, -0.05) is 17.7 Å². The van der Waals surface area contributed by atoms with Crippen LogP contribution in [0.2, 0.25) is 5.02 Å². The smallest absolute Gasteiger partial charge is 0.339 e. The number of phenols is 1. The largest absolute Gasteiger partial charge is 0.508 e. The molecule has 0 aliphatic rings. The number of rotatable bonds is 7. The molecule has 168 valence electrons. The van der Waals surface area contributed by atoms with Crippen molar-refractivity contribution in [3.8, 4) is 23.3 Å². The number of nitrogens with one attached hydrogen (secondary N) is 1. The van der Waals surface area contributed by atoms with Crippen molar-refractivity contribution in [1.29, 1.82) is 5.26 Å². The zero-order valence-electron chi connectivity index (χ0n) is 17.2. The van der Waals surface area contributed by atoms with Crippen molar-refractivity contribution in [2.75, 3.05) is 12.4 Å². The molecule has 0 aliphatic heterocycles. The lowest BCUT2D eigenvalue weighted by molar-refractivity contribution is -0.112. The first-order valence-electron chi connectivity index (χ1n) is 9.32. The van der Waals surface area contributed by atoms with Gasteiger partial charge in [-0.05, 0) is 72.3 Å². The van der Waals surface area contributed by atoms with Crippen LogP contribution in [0.1, 0.15) is 5.56 Å². The molecular formula is C23H17ClN2O6S. The summed E-state index contributed by atoms with van der Waals surface area (Å²) in [6.45, 7) is 0.